The van der Waals surface area contributed by atoms with E-state index in [0.29, 0.717) is 23.6 Å². The van der Waals surface area contributed by atoms with Crippen LogP contribution in [0.25, 0.3) is 0 Å². The molecule has 2 aromatic rings. The molecule has 0 saturated heterocycles. The van der Waals surface area contributed by atoms with Gasteiger partial charge in [0.15, 0.2) is 0 Å². The summed E-state index contributed by atoms with van der Waals surface area (Å²) in [5.74, 6) is -0.238. The molecule has 0 spiro atoms. The first-order valence-electron chi connectivity index (χ1n) is 13.1. The van der Waals surface area contributed by atoms with Crippen LogP contribution in [0, 0.1) is 5.82 Å². The summed E-state index contributed by atoms with van der Waals surface area (Å²) in [7, 11) is -3.59. The highest BCUT2D eigenvalue weighted by Gasteiger charge is 2.28. The first kappa shape index (κ1) is 29.4. The van der Waals surface area contributed by atoms with E-state index in [2.05, 4.69) is 5.32 Å². The Morgan fingerprint density at radius 3 is 2.29 bits per heavy atom. The predicted octanol–water partition coefficient (Wildman–Crippen LogP) is 4.25. The molecule has 2 amide bonds. The number of hydrogen-bond donors (Lipinski definition) is 1. The number of nitrogens with one attached hydrogen (secondary N) is 1. The maximum Gasteiger partial charge on any atom is 0.242 e. The third-order valence-electron chi connectivity index (χ3n) is 6.72. The van der Waals surface area contributed by atoms with Crippen LogP contribution in [0.5, 0.6) is 5.75 Å². The lowest BCUT2D eigenvalue weighted by molar-refractivity contribution is -0.141. The molecule has 0 aromatic heterocycles. The number of benzene rings is 2. The number of rotatable bonds is 13. The lowest BCUT2D eigenvalue weighted by Crippen LogP contribution is -2.49. The molecule has 0 bridgehead atoms. The van der Waals surface area contributed by atoms with Gasteiger partial charge < -0.3 is 15.0 Å². The van der Waals surface area contributed by atoms with Gasteiger partial charge >= 0.3 is 0 Å². The summed E-state index contributed by atoms with van der Waals surface area (Å²) in [6.07, 6.45) is 5.43. The summed E-state index contributed by atoms with van der Waals surface area (Å²) >= 11 is 0. The van der Waals surface area contributed by atoms with Gasteiger partial charge in [0, 0.05) is 25.6 Å². The van der Waals surface area contributed by atoms with Gasteiger partial charge in [0.25, 0.3) is 0 Å². The first-order valence-corrected chi connectivity index (χ1v) is 15.0. The molecule has 1 atom stereocenters. The van der Waals surface area contributed by atoms with Gasteiger partial charge in [-0.15, -0.1) is 0 Å². The van der Waals surface area contributed by atoms with E-state index in [1.807, 2.05) is 6.92 Å². The van der Waals surface area contributed by atoms with Gasteiger partial charge in [0.2, 0.25) is 21.8 Å². The van der Waals surface area contributed by atoms with Crippen LogP contribution in [0.2, 0.25) is 0 Å². The highest BCUT2D eigenvalue weighted by Crippen LogP contribution is 2.23. The molecule has 2 aromatic carbocycles. The van der Waals surface area contributed by atoms with Crippen molar-refractivity contribution >= 4 is 27.5 Å². The molecule has 1 unspecified atom stereocenters. The van der Waals surface area contributed by atoms with Crippen molar-refractivity contribution in [2.75, 3.05) is 23.7 Å². The largest absolute Gasteiger partial charge is 0.494 e. The van der Waals surface area contributed by atoms with Gasteiger partial charge in [-0.05, 0) is 75.1 Å². The average molecular weight is 548 g/mol. The van der Waals surface area contributed by atoms with Crippen molar-refractivity contribution in [1.29, 1.82) is 0 Å². The van der Waals surface area contributed by atoms with Crippen LogP contribution in [0.3, 0.4) is 0 Å². The molecule has 1 aliphatic rings. The Bertz CT molecular complexity index is 1170. The highest BCUT2D eigenvalue weighted by molar-refractivity contribution is 7.92. The van der Waals surface area contributed by atoms with Gasteiger partial charge in [-0.25, -0.2) is 12.8 Å². The smallest absolute Gasteiger partial charge is 0.242 e. The van der Waals surface area contributed by atoms with Crippen LogP contribution >= 0.6 is 0 Å². The minimum Gasteiger partial charge on any atom is -0.494 e. The van der Waals surface area contributed by atoms with Gasteiger partial charge in [-0.3, -0.25) is 13.9 Å². The molecule has 1 N–H and O–H groups in total. The zero-order valence-corrected chi connectivity index (χ0v) is 23.2. The van der Waals surface area contributed by atoms with E-state index in [1.165, 1.54) is 21.3 Å². The van der Waals surface area contributed by atoms with Crippen LogP contribution in [0.15, 0.2) is 48.5 Å². The summed E-state index contributed by atoms with van der Waals surface area (Å²) in [5.41, 5.74) is 1.18. The number of amides is 2. The van der Waals surface area contributed by atoms with Crippen molar-refractivity contribution in [2.45, 2.75) is 71.0 Å². The number of anilines is 1. The third-order valence-corrected chi connectivity index (χ3v) is 7.92. The van der Waals surface area contributed by atoms with E-state index in [-0.39, 0.29) is 49.6 Å². The SMILES string of the molecule is CCOc1ccc(N(CCCC(=O)N(Cc2ccc(F)cc2)C(C)C(=O)NC2CCCC2)S(C)(=O)=O)cc1. The normalized spacial score (nSPS) is 14.6. The lowest BCUT2D eigenvalue weighted by atomic mass is 10.1. The Morgan fingerprint density at radius 2 is 1.71 bits per heavy atom. The minimum atomic E-state index is -3.59. The molecule has 1 aliphatic carbocycles. The average Bonchev–Trinajstić information content (AvgIpc) is 3.39. The fourth-order valence-corrected chi connectivity index (χ4v) is 5.61. The van der Waals surface area contributed by atoms with E-state index in [4.69, 9.17) is 4.74 Å². The Hall–Kier alpha value is -3.14. The standard InChI is InChI=1S/C28H38FN3O5S/c1-4-37-26-17-15-25(16-18-26)32(38(3,35)36)19-7-10-27(33)31(20-22-11-13-23(29)14-12-22)21(2)28(34)30-24-8-5-6-9-24/h11-18,21,24H,4-10,19-20H2,1-3H3,(H,30,34). The number of nitrogens with zero attached hydrogens (tertiary/aromatic N) is 2. The van der Waals surface area contributed by atoms with E-state index in [0.717, 1.165) is 31.9 Å². The molecule has 1 saturated carbocycles. The van der Waals surface area contributed by atoms with Crippen molar-refractivity contribution in [3.05, 3.63) is 59.9 Å². The van der Waals surface area contributed by atoms with Crippen molar-refractivity contribution < 1.29 is 27.1 Å². The van der Waals surface area contributed by atoms with Crippen molar-refractivity contribution in [3.63, 3.8) is 0 Å². The van der Waals surface area contributed by atoms with E-state index < -0.39 is 16.1 Å². The van der Waals surface area contributed by atoms with Gasteiger partial charge in [0.1, 0.15) is 17.6 Å². The monoisotopic (exact) mass is 547 g/mol. The molecule has 0 aliphatic heterocycles. The van der Waals surface area contributed by atoms with Gasteiger partial charge in [-0.2, -0.15) is 0 Å². The number of carbonyl (C=O) groups is 2. The summed E-state index contributed by atoms with van der Waals surface area (Å²) in [6.45, 7) is 4.31. The maximum absolute atomic E-state index is 13.4. The number of sulfonamides is 1. The summed E-state index contributed by atoms with van der Waals surface area (Å²) < 4.78 is 45.1. The molecule has 10 heteroatoms. The number of halogens is 1. The fourth-order valence-electron chi connectivity index (χ4n) is 4.64. The van der Waals surface area contributed by atoms with Crippen molar-refractivity contribution in [2.24, 2.45) is 0 Å². The Labute approximate surface area is 225 Å². The van der Waals surface area contributed by atoms with Gasteiger partial charge in [0.05, 0.1) is 18.6 Å². The summed E-state index contributed by atoms with van der Waals surface area (Å²) in [6, 6.07) is 12.0. The van der Waals surface area contributed by atoms with Crippen LogP contribution in [-0.4, -0.2) is 56.6 Å². The molecule has 38 heavy (non-hydrogen) atoms. The lowest BCUT2D eigenvalue weighted by Gasteiger charge is -2.30. The van der Waals surface area contributed by atoms with Crippen molar-refractivity contribution in [3.8, 4) is 5.75 Å². The molecule has 3 rings (SSSR count). The molecule has 0 heterocycles. The van der Waals surface area contributed by atoms with E-state index in [1.54, 1.807) is 43.3 Å². The van der Waals surface area contributed by atoms with E-state index in [9.17, 15) is 22.4 Å². The third kappa shape index (κ3) is 8.44. The predicted molar refractivity (Wildman–Crippen MR) is 146 cm³/mol. The molecule has 8 nitrogen and oxygen atoms in total. The first-order chi connectivity index (χ1) is 18.1. The van der Waals surface area contributed by atoms with Crippen LogP contribution < -0.4 is 14.4 Å². The van der Waals surface area contributed by atoms with Gasteiger partial charge in [-0.1, -0.05) is 25.0 Å². The fraction of sp³-hybridized carbons (Fsp3) is 0.500. The zero-order valence-electron chi connectivity index (χ0n) is 22.4. The highest BCUT2D eigenvalue weighted by atomic mass is 32.2. The second-order valence-electron chi connectivity index (χ2n) is 9.68. The molecular weight excluding hydrogens is 509 g/mol. The number of hydrogen-bond acceptors (Lipinski definition) is 5. The second kappa shape index (κ2) is 13.6. The minimum absolute atomic E-state index is 0.0469. The topological polar surface area (TPSA) is 96.0 Å². The van der Waals surface area contributed by atoms with Crippen molar-refractivity contribution in [1.82, 2.24) is 10.2 Å². The Morgan fingerprint density at radius 1 is 1.08 bits per heavy atom. The number of carbonyl (C=O) groups excluding carboxylic acids is 2. The van der Waals surface area contributed by atoms with Crippen LogP contribution in [0.4, 0.5) is 10.1 Å². The molecule has 208 valence electrons. The summed E-state index contributed by atoms with van der Waals surface area (Å²) in [4.78, 5) is 27.9. The maximum atomic E-state index is 13.4. The quantitative estimate of drug-likeness (QED) is 0.405. The summed E-state index contributed by atoms with van der Waals surface area (Å²) in [5, 5.41) is 3.05. The zero-order chi connectivity index (χ0) is 27.7. The Balaban J connectivity index is 1.69. The van der Waals surface area contributed by atoms with Crippen LogP contribution in [-0.2, 0) is 26.2 Å². The molecule has 1 fully saturated rings. The molecule has 0 radical (unpaired) electrons. The molecular formula is C28H38FN3O5S. The number of ether oxygens (including phenoxy) is 1. The van der Waals surface area contributed by atoms with Crippen LogP contribution in [0.1, 0.15) is 57.9 Å². The van der Waals surface area contributed by atoms with E-state index >= 15 is 0 Å². The second-order valence-corrected chi connectivity index (χ2v) is 11.6. The Kier molecular flexibility index (Phi) is 10.5.